The summed E-state index contributed by atoms with van der Waals surface area (Å²) in [5.41, 5.74) is 0.633. The molecule has 7 nitrogen and oxygen atoms in total. The van der Waals surface area contributed by atoms with Crippen LogP contribution in [0.5, 0.6) is 0 Å². The van der Waals surface area contributed by atoms with Crippen molar-refractivity contribution in [2.75, 3.05) is 0 Å². The van der Waals surface area contributed by atoms with Gasteiger partial charge in [0.05, 0.1) is 5.52 Å². The van der Waals surface area contributed by atoms with E-state index in [4.69, 9.17) is 21.1 Å². The van der Waals surface area contributed by atoms with E-state index in [9.17, 15) is 14.4 Å². The molecule has 0 aliphatic rings. The van der Waals surface area contributed by atoms with Crippen molar-refractivity contribution in [2.45, 2.75) is 53.4 Å². The first-order valence-electron chi connectivity index (χ1n) is 8.02. The second-order valence-electron chi connectivity index (χ2n) is 6.88. The second-order valence-corrected chi connectivity index (χ2v) is 7.27. The quantitative estimate of drug-likeness (QED) is 0.449. The number of carbonyl (C=O) groups is 3. The van der Waals surface area contributed by atoms with Crippen molar-refractivity contribution in [3.05, 3.63) is 28.7 Å². The number of ketones is 1. The van der Waals surface area contributed by atoms with Crippen LogP contribution in [0.1, 0.15) is 50.7 Å². The highest BCUT2D eigenvalue weighted by atomic mass is 35.5. The molecule has 0 fully saturated rings. The van der Waals surface area contributed by atoms with Crippen LogP contribution in [0.4, 0.5) is 0 Å². The maximum atomic E-state index is 12.2. The summed E-state index contributed by atoms with van der Waals surface area (Å²) in [5, 5.41) is 0.709. The van der Waals surface area contributed by atoms with Crippen LogP contribution >= 0.6 is 11.6 Å². The number of rotatable bonds is 5. The van der Waals surface area contributed by atoms with Crippen molar-refractivity contribution >= 4 is 40.2 Å². The summed E-state index contributed by atoms with van der Waals surface area (Å²) in [7, 11) is 0. The molecule has 140 valence electrons. The molecule has 0 spiro atoms. The number of hydrogen-bond acceptors (Lipinski definition) is 6. The fourth-order valence-electron chi connectivity index (χ4n) is 2.56. The Morgan fingerprint density at radius 1 is 1.23 bits per heavy atom. The fourth-order valence-corrected chi connectivity index (χ4v) is 2.77. The van der Waals surface area contributed by atoms with Gasteiger partial charge >= 0.3 is 11.9 Å². The summed E-state index contributed by atoms with van der Waals surface area (Å²) in [4.78, 5) is 39.6. The van der Waals surface area contributed by atoms with E-state index < -0.39 is 17.5 Å². The molecule has 0 atom stereocenters. The predicted octanol–water partition coefficient (Wildman–Crippen LogP) is 3.30. The monoisotopic (exact) mass is 380 g/mol. The average Bonchev–Trinajstić information content (AvgIpc) is 2.81. The maximum absolute atomic E-state index is 12.2. The summed E-state index contributed by atoms with van der Waals surface area (Å²) in [6.45, 7) is 7.78. The minimum absolute atomic E-state index is 0.114. The summed E-state index contributed by atoms with van der Waals surface area (Å²) >= 11 is 6.05. The standard InChI is InChI=1S/C18H21ClN2O5/c1-10(22)13-7-21(8-16(24)26-18(3,4)5)17-12(13)6-15(19)20-14(17)9-25-11(2)23/h6-7H,8-9H2,1-5H3. The van der Waals surface area contributed by atoms with E-state index in [0.29, 0.717) is 22.2 Å². The number of carbonyl (C=O) groups excluding carboxylic acids is 3. The summed E-state index contributed by atoms with van der Waals surface area (Å²) in [6, 6.07) is 1.55. The molecular formula is C18H21ClN2O5. The molecule has 2 rings (SSSR count). The Labute approximate surface area is 156 Å². The van der Waals surface area contributed by atoms with Crippen LogP contribution in [0.2, 0.25) is 5.15 Å². The number of aromatic nitrogens is 2. The fraction of sp³-hybridized carbons (Fsp3) is 0.444. The molecule has 2 heterocycles. The molecule has 0 bridgehead atoms. The first-order valence-corrected chi connectivity index (χ1v) is 8.40. The number of hydrogen-bond donors (Lipinski definition) is 0. The van der Waals surface area contributed by atoms with Crippen molar-refractivity contribution < 1.29 is 23.9 Å². The van der Waals surface area contributed by atoms with Gasteiger partial charge in [-0.1, -0.05) is 11.6 Å². The highest BCUT2D eigenvalue weighted by Crippen LogP contribution is 2.28. The third-order valence-electron chi connectivity index (χ3n) is 3.41. The molecule has 0 amide bonds. The van der Waals surface area contributed by atoms with Crippen molar-refractivity contribution in [1.29, 1.82) is 0 Å². The number of Topliss-reactive ketones (excluding diaryl/α,β-unsaturated/α-hetero) is 1. The van der Waals surface area contributed by atoms with Crippen LogP contribution in [0.3, 0.4) is 0 Å². The molecule has 0 aliphatic heterocycles. The summed E-state index contributed by atoms with van der Waals surface area (Å²) < 4.78 is 11.9. The van der Waals surface area contributed by atoms with Gasteiger partial charge in [0.1, 0.15) is 29.6 Å². The zero-order chi connectivity index (χ0) is 19.6. The predicted molar refractivity (Wildman–Crippen MR) is 96.1 cm³/mol. The van der Waals surface area contributed by atoms with Gasteiger partial charge in [0.15, 0.2) is 5.78 Å². The van der Waals surface area contributed by atoms with Crippen molar-refractivity contribution in [2.24, 2.45) is 0 Å². The lowest BCUT2D eigenvalue weighted by atomic mass is 10.1. The molecule has 0 aromatic carbocycles. The maximum Gasteiger partial charge on any atom is 0.326 e. The molecule has 2 aromatic heterocycles. The van der Waals surface area contributed by atoms with Crippen LogP contribution in [-0.2, 0) is 32.2 Å². The van der Waals surface area contributed by atoms with Crippen LogP contribution in [-0.4, -0.2) is 32.9 Å². The van der Waals surface area contributed by atoms with Gasteiger partial charge in [0, 0.05) is 24.1 Å². The van der Waals surface area contributed by atoms with Gasteiger partial charge in [-0.05, 0) is 33.8 Å². The first-order chi connectivity index (χ1) is 12.0. The van der Waals surface area contributed by atoms with Gasteiger partial charge in [-0.25, -0.2) is 4.98 Å². The Morgan fingerprint density at radius 2 is 1.88 bits per heavy atom. The van der Waals surface area contributed by atoms with E-state index in [1.54, 1.807) is 37.6 Å². The van der Waals surface area contributed by atoms with Gasteiger partial charge < -0.3 is 14.0 Å². The molecule has 0 saturated carbocycles. The minimum Gasteiger partial charge on any atom is -0.459 e. The van der Waals surface area contributed by atoms with Gasteiger partial charge in [0.2, 0.25) is 0 Å². The minimum atomic E-state index is -0.633. The van der Waals surface area contributed by atoms with Crippen molar-refractivity contribution in [3.8, 4) is 0 Å². The third-order valence-corrected chi connectivity index (χ3v) is 3.60. The number of fused-ring (bicyclic) bond motifs is 1. The number of esters is 2. The van der Waals surface area contributed by atoms with E-state index in [0.717, 1.165) is 0 Å². The lowest BCUT2D eigenvalue weighted by molar-refractivity contribution is -0.155. The topological polar surface area (TPSA) is 87.5 Å². The molecule has 0 radical (unpaired) electrons. The zero-order valence-electron chi connectivity index (χ0n) is 15.4. The van der Waals surface area contributed by atoms with Crippen LogP contribution in [0.25, 0.3) is 10.9 Å². The highest BCUT2D eigenvalue weighted by molar-refractivity contribution is 6.30. The summed E-state index contributed by atoms with van der Waals surface area (Å²) in [6.07, 6.45) is 1.56. The normalized spacial score (nSPS) is 11.5. The van der Waals surface area contributed by atoms with Crippen LogP contribution in [0.15, 0.2) is 12.3 Å². The number of nitrogens with zero attached hydrogens (tertiary/aromatic N) is 2. The first kappa shape index (κ1) is 19.9. The molecule has 0 saturated heterocycles. The molecule has 0 N–H and O–H groups in total. The molecule has 0 unspecified atom stereocenters. The van der Waals surface area contributed by atoms with E-state index in [2.05, 4.69) is 4.98 Å². The van der Waals surface area contributed by atoms with E-state index >= 15 is 0 Å². The summed E-state index contributed by atoms with van der Waals surface area (Å²) in [5.74, 6) is -1.12. The zero-order valence-corrected chi connectivity index (χ0v) is 16.1. The Hall–Kier alpha value is -2.41. The number of halogens is 1. The Bertz CT molecular complexity index is 880. The number of pyridine rings is 1. The van der Waals surface area contributed by atoms with Crippen LogP contribution < -0.4 is 0 Å². The Kier molecular flexibility index (Phi) is 5.71. The molecule has 0 aliphatic carbocycles. The largest absolute Gasteiger partial charge is 0.459 e. The third kappa shape index (κ3) is 4.82. The smallest absolute Gasteiger partial charge is 0.326 e. The molecule has 2 aromatic rings. The lowest BCUT2D eigenvalue weighted by Gasteiger charge is -2.20. The second kappa shape index (κ2) is 7.45. The van der Waals surface area contributed by atoms with Crippen molar-refractivity contribution in [3.63, 3.8) is 0 Å². The molecular weight excluding hydrogens is 360 g/mol. The highest BCUT2D eigenvalue weighted by Gasteiger charge is 2.22. The number of ether oxygens (including phenoxy) is 2. The van der Waals surface area contributed by atoms with Gasteiger partial charge in [-0.3, -0.25) is 14.4 Å². The van der Waals surface area contributed by atoms with Gasteiger partial charge in [0.25, 0.3) is 0 Å². The SMILES string of the molecule is CC(=O)OCc1nc(Cl)cc2c(C(C)=O)cn(CC(=O)OC(C)(C)C)c12. The average molecular weight is 381 g/mol. The van der Waals surface area contributed by atoms with Gasteiger partial charge in [-0.2, -0.15) is 0 Å². The van der Waals surface area contributed by atoms with E-state index in [1.807, 2.05) is 0 Å². The Balaban J connectivity index is 2.56. The molecule has 8 heteroatoms. The Morgan fingerprint density at radius 3 is 2.42 bits per heavy atom. The lowest BCUT2D eigenvalue weighted by Crippen LogP contribution is -2.26. The van der Waals surface area contributed by atoms with Crippen LogP contribution in [0, 0.1) is 0 Å². The van der Waals surface area contributed by atoms with Crippen molar-refractivity contribution in [1.82, 2.24) is 9.55 Å². The van der Waals surface area contributed by atoms with E-state index in [1.165, 1.54) is 13.8 Å². The molecule has 26 heavy (non-hydrogen) atoms. The van der Waals surface area contributed by atoms with E-state index in [-0.39, 0.29) is 24.1 Å². The van der Waals surface area contributed by atoms with Gasteiger partial charge in [-0.15, -0.1) is 0 Å².